The van der Waals surface area contributed by atoms with Gasteiger partial charge in [-0.2, -0.15) is 0 Å². The van der Waals surface area contributed by atoms with Gasteiger partial charge in [-0.05, 0) is 204 Å². The molecule has 0 bridgehead atoms. The Morgan fingerprint density at radius 2 is 1.52 bits per heavy atom. The van der Waals surface area contributed by atoms with Crippen LogP contribution < -0.4 is 0 Å². The molecule has 0 heterocycles. The molecule has 12 unspecified atom stereocenters. The van der Waals surface area contributed by atoms with Crippen molar-refractivity contribution in [2.24, 2.45) is 35.0 Å². The second-order valence-electron chi connectivity index (χ2n) is 23.1. The first-order valence-electron chi connectivity index (χ1n) is 24.4. The van der Waals surface area contributed by atoms with E-state index in [1.807, 2.05) is 5.56 Å². The largest absolute Gasteiger partial charge is 0.469 e. The summed E-state index contributed by atoms with van der Waals surface area (Å²) in [6, 6.07) is 14.9. The third-order valence-electron chi connectivity index (χ3n) is 22.5. The Morgan fingerprint density at radius 3 is 2.41 bits per heavy atom. The zero-order chi connectivity index (χ0) is 39.6. The fourth-order valence-electron chi connectivity index (χ4n) is 22.3. The SMILES string of the molecule is COC(=O)CCCC1(c2ccccc2)C23c4c5c6c7c8c4c4c2c2c9c%10c%11c%12c%13c%14cc(c8c%13c%104)C7C=CC6=C4C=CC6C7C=CC8=C(C%10=C9C%11C(C=C%10C8)C=C%12C%14)C2C7C13C6C45. The summed E-state index contributed by atoms with van der Waals surface area (Å²) in [5.74, 6) is 3.79. The Labute approximate surface area is 362 Å². The van der Waals surface area contributed by atoms with Crippen LogP contribution in [0.2, 0.25) is 0 Å². The number of esters is 1. The van der Waals surface area contributed by atoms with Gasteiger partial charge in [0, 0.05) is 52.3 Å². The van der Waals surface area contributed by atoms with Crippen LogP contribution in [0.5, 0.6) is 0 Å². The fraction of sp³-hybridized carbons (Fsp3) is 0.295. The molecular weight excluding hydrogens is 765 g/mol. The van der Waals surface area contributed by atoms with E-state index in [0.717, 1.165) is 25.7 Å². The van der Waals surface area contributed by atoms with Gasteiger partial charge in [0.15, 0.2) is 0 Å². The first-order chi connectivity index (χ1) is 31.2. The molecule has 0 saturated heterocycles. The molecule has 0 aromatic heterocycles. The maximum atomic E-state index is 13.4. The average Bonchev–Trinajstić information content (AvgIpc) is 4.04. The van der Waals surface area contributed by atoms with Gasteiger partial charge in [-0.25, -0.2) is 0 Å². The highest BCUT2D eigenvalue weighted by atomic mass is 16.5. The van der Waals surface area contributed by atoms with Gasteiger partial charge in [-0.3, -0.25) is 4.79 Å². The normalized spacial score (nSPS) is 39.5. The van der Waals surface area contributed by atoms with Crippen molar-refractivity contribution in [1.29, 1.82) is 0 Å². The number of carbonyl (C=O) groups excluding carboxylic acids is 1. The molecule has 2 heteroatoms. The van der Waals surface area contributed by atoms with Gasteiger partial charge in [-0.1, -0.05) is 85.0 Å². The van der Waals surface area contributed by atoms with Crippen LogP contribution in [-0.2, 0) is 26.8 Å². The Hall–Kier alpha value is -5.99. The third-order valence-corrected chi connectivity index (χ3v) is 22.5. The van der Waals surface area contributed by atoms with Crippen molar-refractivity contribution < 1.29 is 9.53 Å². The minimum atomic E-state index is -0.163. The molecule has 16 aliphatic rings. The van der Waals surface area contributed by atoms with Crippen LogP contribution in [0.1, 0.15) is 116 Å². The van der Waals surface area contributed by atoms with Crippen LogP contribution in [0.25, 0.3) is 59.8 Å². The summed E-state index contributed by atoms with van der Waals surface area (Å²) in [6.07, 6.45) is 26.4. The number of fused-ring (bicyclic) bond motifs is 2. The second-order valence-corrected chi connectivity index (χ2v) is 23.1. The fourth-order valence-corrected chi connectivity index (χ4v) is 22.3. The summed E-state index contributed by atoms with van der Waals surface area (Å²) in [4.78, 5) is 13.4. The van der Waals surface area contributed by atoms with E-state index in [-0.39, 0.29) is 22.2 Å². The third kappa shape index (κ3) is 2.13. The smallest absolute Gasteiger partial charge is 0.305 e. The molecule has 2 nitrogen and oxygen atoms in total. The van der Waals surface area contributed by atoms with Crippen LogP contribution in [0.4, 0.5) is 0 Å². The van der Waals surface area contributed by atoms with E-state index >= 15 is 0 Å². The molecule has 6 aromatic carbocycles. The van der Waals surface area contributed by atoms with Gasteiger partial charge >= 0.3 is 5.97 Å². The molecule has 6 aromatic rings. The van der Waals surface area contributed by atoms with Crippen molar-refractivity contribution in [3.63, 3.8) is 0 Å². The molecule has 22 rings (SSSR count). The number of methoxy groups -OCH3 is 1. The lowest BCUT2D eigenvalue weighted by Crippen LogP contribution is -2.44. The predicted octanol–water partition coefficient (Wildman–Crippen LogP) is 12.3. The van der Waals surface area contributed by atoms with Gasteiger partial charge < -0.3 is 4.74 Å². The molecular formula is C61H36O2. The minimum absolute atomic E-state index is 0.00908. The maximum absolute atomic E-state index is 13.4. The first kappa shape index (κ1) is 29.4. The van der Waals surface area contributed by atoms with E-state index in [9.17, 15) is 4.79 Å². The Kier molecular flexibility index (Phi) is 3.71. The molecule has 0 N–H and O–H groups in total. The van der Waals surface area contributed by atoms with E-state index in [1.54, 1.807) is 156 Å². The topological polar surface area (TPSA) is 26.3 Å². The number of hydrogen-bond donors (Lipinski definition) is 0. The summed E-state index contributed by atoms with van der Waals surface area (Å²) in [5, 5.41) is 13.3. The quantitative estimate of drug-likeness (QED) is 0.0986. The molecule has 0 radical (unpaired) electrons. The summed E-state index contributed by atoms with van der Waals surface area (Å²) in [5.41, 5.74) is 33.3. The van der Waals surface area contributed by atoms with Gasteiger partial charge in [0.25, 0.3) is 0 Å². The van der Waals surface area contributed by atoms with Crippen molar-refractivity contribution in [2.45, 2.75) is 66.6 Å². The monoisotopic (exact) mass is 800 g/mol. The summed E-state index contributed by atoms with van der Waals surface area (Å²) >= 11 is 0. The lowest BCUT2D eigenvalue weighted by molar-refractivity contribution is -0.140. The van der Waals surface area contributed by atoms with E-state index in [4.69, 9.17) is 4.74 Å². The molecule has 63 heavy (non-hydrogen) atoms. The summed E-state index contributed by atoms with van der Waals surface area (Å²) in [6.45, 7) is 0. The van der Waals surface area contributed by atoms with Crippen LogP contribution in [0, 0.1) is 35.0 Å². The molecule has 12 atom stereocenters. The van der Waals surface area contributed by atoms with Crippen LogP contribution in [0.15, 0.2) is 113 Å². The second kappa shape index (κ2) is 7.95. The van der Waals surface area contributed by atoms with Crippen LogP contribution in [-0.4, -0.2) is 13.1 Å². The number of hydrogen-bond acceptors (Lipinski definition) is 2. The first-order valence-corrected chi connectivity index (χ1v) is 24.4. The Balaban J connectivity index is 1.08. The number of ether oxygens (including phenoxy) is 1. The molecule has 2 spiro atoms. The molecule has 2 saturated carbocycles. The van der Waals surface area contributed by atoms with Gasteiger partial charge in [-0.15, -0.1) is 0 Å². The molecule has 292 valence electrons. The van der Waals surface area contributed by atoms with Crippen molar-refractivity contribution in [3.05, 3.63) is 180 Å². The van der Waals surface area contributed by atoms with E-state index in [0.29, 0.717) is 59.7 Å². The highest BCUT2D eigenvalue weighted by molar-refractivity contribution is 6.44. The molecule has 0 aliphatic heterocycles. The number of allylic oxidation sites excluding steroid dienone is 16. The van der Waals surface area contributed by atoms with E-state index in [2.05, 4.69) is 85.0 Å². The van der Waals surface area contributed by atoms with Gasteiger partial charge in [0.1, 0.15) is 0 Å². The number of rotatable bonds is 5. The van der Waals surface area contributed by atoms with E-state index in [1.165, 1.54) is 0 Å². The number of benzene rings is 6. The zero-order valence-electron chi connectivity index (χ0n) is 34.6. The van der Waals surface area contributed by atoms with Crippen LogP contribution >= 0.6 is 0 Å². The molecule has 0 amide bonds. The van der Waals surface area contributed by atoms with E-state index < -0.39 is 0 Å². The van der Waals surface area contributed by atoms with Gasteiger partial charge in [0.2, 0.25) is 0 Å². The highest BCUT2D eigenvalue weighted by Gasteiger charge is 2.99. The number of carbonyl (C=O) groups is 1. The van der Waals surface area contributed by atoms with Crippen molar-refractivity contribution >= 4 is 65.8 Å². The predicted molar refractivity (Wildman–Crippen MR) is 245 cm³/mol. The summed E-state index contributed by atoms with van der Waals surface area (Å²) < 4.78 is 5.46. The lowest BCUT2D eigenvalue weighted by atomic mass is 9.51. The highest BCUT2D eigenvalue weighted by Crippen LogP contribution is 3.01. The van der Waals surface area contributed by atoms with Crippen molar-refractivity contribution in [1.82, 2.24) is 0 Å². The minimum Gasteiger partial charge on any atom is -0.469 e. The lowest BCUT2D eigenvalue weighted by Gasteiger charge is -2.50. The van der Waals surface area contributed by atoms with Crippen molar-refractivity contribution in [3.8, 4) is 0 Å². The zero-order valence-corrected chi connectivity index (χ0v) is 34.6. The molecule has 2 fully saturated rings. The van der Waals surface area contributed by atoms with Crippen molar-refractivity contribution in [2.75, 3.05) is 7.11 Å². The standard InChI is InChI=1S/C61H36O2/c1-63-33(62)8-5-15-59(26-6-3-2-4-7-26)60-55-31-14-13-28-27-11-12-29-32-20-25-19-23-18-24-17-22-16-21-9-10-30(31)56(60)50-34(21)35(22)44-38(24)43-36(23)37(25)45-41(32)46-39(29)40(27)51(42(28)55)57-52(46)54-49(45)47(43)48(44)53(50)58(54)61(57,59)60/h2-4,6-7,9-14,17-18,20,24,29-31,38,42,50,55-56H,5,8,15-16,19H2,1H3. The van der Waals surface area contributed by atoms with Crippen LogP contribution in [0.3, 0.4) is 0 Å². The average molecular weight is 801 g/mol. The molecule has 16 aliphatic carbocycles. The van der Waals surface area contributed by atoms with Gasteiger partial charge in [0.05, 0.1) is 7.11 Å². The Bertz CT molecular complexity index is 4050. The maximum Gasteiger partial charge on any atom is 0.305 e. The Morgan fingerprint density at radius 1 is 0.714 bits per heavy atom. The summed E-state index contributed by atoms with van der Waals surface area (Å²) in [7, 11) is 1.59.